The van der Waals surface area contributed by atoms with Gasteiger partial charge in [0, 0.05) is 19.0 Å². The Labute approximate surface area is 130 Å². The van der Waals surface area contributed by atoms with E-state index in [9.17, 15) is 4.79 Å². The molecule has 1 aromatic rings. The first-order valence-corrected chi connectivity index (χ1v) is 8.47. The van der Waals surface area contributed by atoms with E-state index in [0.29, 0.717) is 18.4 Å². The molecule has 0 atom stereocenters. The second kappa shape index (κ2) is 9.59. The van der Waals surface area contributed by atoms with Crippen LogP contribution >= 0.6 is 0 Å². The molecule has 118 valence electrons. The molecule has 0 radical (unpaired) electrons. The van der Waals surface area contributed by atoms with Crippen LogP contribution in [0.25, 0.3) is 0 Å². The molecular weight excluding hydrogens is 258 g/mol. The Bertz CT molecular complexity index is 421. The summed E-state index contributed by atoms with van der Waals surface area (Å²) in [7, 11) is 0. The molecule has 2 heteroatoms. The maximum Gasteiger partial charge on any atom is 0.223 e. The number of amides is 1. The van der Waals surface area contributed by atoms with Gasteiger partial charge in [0.05, 0.1) is 0 Å². The summed E-state index contributed by atoms with van der Waals surface area (Å²) in [4.78, 5) is 14.7. The van der Waals surface area contributed by atoms with E-state index < -0.39 is 0 Å². The molecule has 0 bridgehead atoms. The van der Waals surface area contributed by atoms with Gasteiger partial charge in [0.2, 0.25) is 5.91 Å². The molecular formula is C19H31NO. The standard InChI is InChI=1S/C19H31NO/c1-5-9-18(10-6-2)20(19(21)11-7-3)15-17-13-8-12-16(4)14-17/h8,12-14,18H,5-7,9-11,15H2,1-4H3. The fraction of sp³-hybridized carbons (Fsp3) is 0.632. The minimum atomic E-state index is 0.311. The maximum absolute atomic E-state index is 12.5. The van der Waals surface area contributed by atoms with Crippen molar-refractivity contribution >= 4 is 5.91 Å². The molecule has 1 aromatic carbocycles. The van der Waals surface area contributed by atoms with Crippen molar-refractivity contribution in [1.82, 2.24) is 4.90 Å². The Morgan fingerprint density at radius 2 is 1.76 bits per heavy atom. The smallest absolute Gasteiger partial charge is 0.223 e. The highest BCUT2D eigenvalue weighted by Crippen LogP contribution is 2.19. The van der Waals surface area contributed by atoms with Crippen molar-refractivity contribution in [1.29, 1.82) is 0 Å². The van der Waals surface area contributed by atoms with Crippen LogP contribution in [0, 0.1) is 6.92 Å². The molecule has 0 aliphatic heterocycles. The number of benzene rings is 1. The number of carbonyl (C=O) groups excluding carboxylic acids is 1. The Balaban J connectivity index is 2.91. The van der Waals surface area contributed by atoms with Gasteiger partial charge in [-0.15, -0.1) is 0 Å². The molecule has 0 fully saturated rings. The second-order valence-electron chi connectivity index (χ2n) is 5.99. The summed E-state index contributed by atoms with van der Waals surface area (Å²) >= 11 is 0. The van der Waals surface area contributed by atoms with E-state index in [1.165, 1.54) is 11.1 Å². The number of hydrogen-bond acceptors (Lipinski definition) is 1. The van der Waals surface area contributed by atoms with Crippen molar-refractivity contribution in [2.45, 2.75) is 78.8 Å². The molecule has 0 saturated carbocycles. The molecule has 0 N–H and O–H groups in total. The van der Waals surface area contributed by atoms with Crippen molar-refractivity contribution in [3.8, 4) is 0 Å². The van der Waals surface area contributed by atoms with Gasteiger partial charge in [-0.25, -0.2) is 0 Å². The summed E-state index contributed by atoms with van der Waals surface area (Å²) in [6, 6.07) is 8.91. The third-order valence-corrected chi connectivity index (χ3v) is 3.90. The van der Waals surface area contributed by atoms with Crippen LogP contribution in [0.1, 0.15) is 70.4 Å². The topological polar surface area (TPSA) is 20.3 Å². The first-order chi connectivity index (χ1) is 10.1. The van der Waals surface area contributed by atoms with Crippen molar-refractivity contribution < 1.29 is 4.79 Å². The van der Waals surface area contributed by atoms with Crippen LogP contribution < -0.4 is 0 Å². The molecule has 0 aromatic heterocycles. The molecule has 0 aliphatic carbocycles. The van der Waals surface area contributed by atoms with Crippen LogP contribution in [0.3, 0.4) is 0 Å². The third kappa shape index (κ3) is 5.91. The molecule has 0 unspecified atom stereocenters. The zero-order valence-electron chi connectivity index (χ0n) is 14.2. The van der Waals surface area contributed by atoms with E-state index in [4.69, 9.17) is 0 Å². The average molecular weight is 289 g/mol. The lowest BCUT2D eigenvalue weighted by Gasteiger charge is -2.32. The number of rotatable bonds is 9. The molecule has 0 aliphatic rings. The Hall–Kier alpha value is -1.31. The molecule has 2 nitrogen and oxygen atoms in total. The van der Waals surface area contributed by atoms with E-state index in [1.807, 2.05) is 0 Å². The SMILES string of the molecule is CCCC(=O)N(Cc1cccc(C)c1)C(CCC)CCC. The van der Waals surface area contributed by atoms with Gasteiger partial charge in [-0.05, 0) is 31.7 Å². The second-order valence-corrected chi connectivity index (χ2v) is 5.99. The van der Waals surface area contributed by atoms with E-state index in [0.717, 1.165) is 38.6 Å². The summed E-state index contributed by atoms with van der Waals surface area (Å²) in [5.41, 5.74) is 2.51. The molecule has 0 saturated heterocycles. The molecule has 0 heterocycles. The quantitative estimate of drug-likeness (QED) is 0.620. The van der Waals surface area contributed by atoms with Gasteiger partial charge >= 0.3 is 0 Å². The van der Waals surface area contributed by atoms with Crippen LogP contribution in [-0.2, 0) is 11.3 Å². The highest BCUT2D eigenvalue weighted by Gasteiger charge is 2.22. The summed E-state index contributed by atoms with van der Waals surface area (Å²) in [5, 5.41) is 0. The van der Waals surface area contributed by atoms with Gasteiger partial charge in [0.25, 0.3) is 0 Å². The third-order valence-electron chi connectivity index (χ3n) is 3.90. The minimum Gasteiger partial charge on any atom is -0.335 e. The lowest BCUT2D eigenvalue weighted by molar-refractivity contribution is -0.134. The Morgan fingerprint density at radius 3 is 2.29 bits per heavy atom. The van der Waals surface area contributed by atoms with Gasteiger partial charge < -0.3 is 4.90 Å². The molecule has 1 rings (SSSR count). The Kier molecular flexibility index (Phi) is 8.11. The number of aryl methyl sites for hydroxylation is 1. The van der Waals surface area contributed by atoms with Crippen molar-refractivity contribution in [3.63, 3.8) is 0 Å². The van der Waals surface area contributed by atoms with Crippen LogP contribution in [0.15, 0.2) is 24.3 Å². The summed E-state index contributed by atoms with van der Waals surface area (Å²) < 4.78 is 0. The summed E-state index contributed by atoms with van der Waals surface area (Å²) in [6.45, 7) is 9.36. The predicted octanol–water partition coefficient (Wildman–Crippen LogP) is 5.09. The fourth-order valence-corrected chi connectivity index (χ4v) is 2.91. The van der Waals surface area contributed by atoms with Gasteiger partial charge in [-0.1, -0.05) is 63.4 Å². The predicted molar refractivity (Wildman–Crippen MR) is 90.2 cm³/mol. The molecule has 0 spiro atoms. The van der Waals surface area contributed by atoms with Gasteiger partial charge in [0.1, 0.15) is 0 Å². The first kappa shape index (κ1) is 17.7. The first-order valence-electron chi connectivity index (χ1n) is 8.47. The maximum atomic E-state index is 12.5. The monoisotopic (exact) mass is 289 g/mol. The minimum absolute atomic E-state index is 0.311. The lowest BCUT2D eigenvalue weighted by atomic mass is 10.0. The van der Waals surface area contributed by atoms with Crippen LogP contribution in [0.4, 0.5) is 0 Å². The van der Waals surface area contributed by atoms with Crippen molar-refractivity contribution in [2.24, 2.45) is 0 Å². The molecule has 1 amide bonds. The summed E-state index contributed by atoms with van der Waals surface area (Å²) in [5.74, 6) is 0.311. The van der Waals surface area contributed by atoms with Gasteiger partial charge in [-0.2, -0.15) is 0 Å². The van der Waals surface area contributed by atoms with Crippen LogP contribution in [0.2, 0.25) is 0 Å². The Morgan fingerprint density at radius 1 is 1.10 bits per heavy atom. The largest absolute Gasteiger partial charge is 0.335 e. The zero-order valence-corrected chi connectivity index (χ0v) is 14.2. The van der Waals surface area contributed by atoms with Crippen LogP contribution in [-0.4, -0.2) is 16.8 Å². The van der Waals surface area contributed by atoms with E-state index in [-0.39, 0.29) is 0 Å². The lowest BCUT2D eigenvalue weighted by Crippen LogP contribution is -2.39. The van der Waals surface area contributed by atoms with E-state index in [2.05, 4.69) is 56.9 Å². The number of carbonyl (C=O) groups is 1. The average Bonchev–Trinajstić information content (AvgIpc) is 2.45. The summed E-state index contributed by atoms with van der Waals surface area (Å²) in [6.07, 6.45) is 6.07. The van der Waals surface area contributed by atoms with E-state index >= 15 is 0 Å². The van der Waals surface area contributed by atoms with Crippen molar-refractivity contribution in [3.05, 3.63) is 35.4 Å². The number of nitrogens with zero attached hydrogens (tertiary/aromatic N) is 1. The van der Waals surface area contributed by atoms with Crippen molar-refractivity contribution in [2.75, 3.05) is 0 Å². The van der Waals surface area contributed by atoms with Gasteiger partial charge in [0.15, 0.2) is 0 Å². The van der Waals surface area contributed by atoms with E-state index in [1.54, 1.807) is 0 Å². The fourth-order valence-electron chi connectivity index (χ4n) is 2.91. The zero-order chi connectivity index (χ0) is 15.7. The van der Waals surface area contributed by atoms with Crippen LogP contribution in [0.5, 0.6) is 0 Å². The normalized spacial score (nSPS) is 10.9. The van der Waals surface area contributed by atoms with Gasteiger partial charge in [-0.3, -0.25) is 4.79 Å². The molecule has 21 heavy (non-hydrogen) atoms. The number of hydrogen-bond donors (Lipinski definition) is 0. The highest BCUT2D eigenvalue weighted by molar-refractivity contribution is 5.76. The highest BCUT2D eigenvalue weighted by atomic mass is 16.2.